The third kappa shape index (κ3) is 5.85. The fraction of sp³-hybridized carbons (Fsp3) is 0.0588. The van der Waals surface area contributed by atoms with Gasteiger partial charge in [0.2, 0.25) is 0 Å². The maximum absolute atomic E-state index is 5.13. The normalized spacial score (nSPS) is 15.6. The molecule has 0 fully saturated rings. The first-order valence-corrected chi connectivity index (χ1v) is 21.4. The number of amidine groups is 2. The van der Waals surface area contributed by atoms with Gasteiger partial charge in [-0.15, -0.1) is 0 Å². The molecule has 0 spiro atoms. The van der Waals surface area contributed by atoms with Crippen LogP contribution < -0.4 is 15.6 Å². The van der Waals surface area contributed by atoms with Crippen LogP contribution in [0.5, 0.6) is 0 Å². The van der Waals surface area contributed by atoms with Gasteiger partial charge in [-0.05, 0) is 55.5 Å². The molecule has 10 rings (SSSR count). The highest BCUT2D eigenvalue weighted by molar-refractivity contribution is 7.16. The van der Waals surface area contributed by atoms with Gasteiger partial charge in [0.05, 0.1) is 23.0 Å². The second-order valence-electron chi connectivity index (χ2n) is 14.4. The van der Waals surface area contributed by atoms with Gasteiger partial charge >= 0.3 is 0 Å². The summed E-state index contributed by atoms with van der Waals surface area (Å²) in [5.74, 6) is 1.36. The van der Waals surface area contributed by atoms with Crippen LogP contribution in [0.2, 0.25) is 0 Å². The summed E-state index contributed by atoms with van der Waals surface area (Å²) < 4.78 is 2.40. The lowest BCUT2D eigenvalue weighted by atomic mass is 10.1. The Bertz CT molecular complexity index is 2780. The van der Waals surface area contributed by atoms with Gasteiger partial charge < -0.3 is 14.9 Å². The van der Waals surface area contributed by atoms with Crippen molar-refractivity contribution in [2.75, 3.05) is 0 Å². The van der Waals surface area contributed by atoms with E-state index in [-0.39, 0.29) is 6.17 Å². The van der Waals surface area contributed by atoms with Gasteiger partial charge in [-0.2, -0.15) is 20.8 Å². The Morgan fingerprint density at radius 3 is 1.91 bits per heavy atom. The summed E-state index contributed by atoms with van der Waals surface area (Å²) in [7, 11) is -2.64. The number of aromatic nitrogens is 1. The number of para-hydroxylation sites is 1. The molecule has 269 valence electrons. The highest BCUT2D eigenvalue weighted by Crippen LogP contribution is 2.35. The molecular formula is C51H39N4Si-2. The van der Waals surface area contributed by atoms with Crippen LogP contribution in [0.4, 0.5) is 0 Å². The summed E-state index contributed by atoms with van der Waals surface area (Å²) >= 11 is 0. The molecule has 0 amide bonds. The third-order valence-electron chi connectivity index (χ3n) is 11.2. The van der Waals surface area contributed by atoms with Crippen molar-refractivity contribution < 1.29 is 0 Å². The molecule has 1 aliphatic heterocycles. The summed E-state index contributed by atoms with van der Waals surface area (Å²) in [6, 6.07) is 67.7. The summed E-state index contributed by atoms with van der Waals surface area (Å²) in [6.45, 7) is 0. The topological polar surface area (TPSA) is 43.8 Å². The van der Waals surface area contributed by atoms with Gasteiger partial charge in [0, 0.05) is 16.5 Å². The van der Waals surface area contributed by atoms with E-state index >= 15 is 0 Å². The van der Waals surface area contributed by atoms with Crippen LogP contribution in [0.15, 0.2) is 221 Å². The highest BCUT2D eigenvalue weighted by Gasteiger charge is 2.30. The smallest absolute Gasteiger partial charge is 0.0822 e. The molecule has 0 radical (unpaired) electrons. The maximum Gasteiger partial charge on any atom is 0.0822 e. The summed E-state index contributed by atoms with van der Waals surface area (Å²) in [4.78, 5) is 10.1. The van der Waals surface area contributed by atoms with Crippen molar-refractivity contribution in [3.63, 3.8) is 0 Å². The van der Waals surface area contributed by atoms with Crippen molar-refractivity contribution in [1.82, 2.24) is 4.57 Å². The van der Waals surface area contributed by atoms with Crippen LogP contribution in [0.1, 0.15) is 35.7 Å². The fourth-order valence-electron chi connectivity index (χ4n) is 8.67. The number of aliphatic imine (C=N–C) groups is 2. The largest absolute Gasteiger partial charge is 0.438 e. The number of benzene rings is 7. The first-order chi connectivity index (χ1) is 27.8. The van der Waals surface area contributed by atoms with Gasteiger partial charge in [0.25, 0.3) is 0 Å². The molecule has 0 saturated heterocycles. The molecule has 0 N–H and O–H groups in total. The Hall–Kier alpha value is -6.82. The molecular weight excluding hydrogens is 697 g/mol. The molecule has 8 aromatic rings. The summed E-state index contributed by atoms with van der Waals surface area (Å²) in [5, 5.41) is 13.4. The van der Waals surface area contributed by atoms with E-state index in [9.17, 15) is 0 Å². The minimum atomic E-state index is -2.64. The second-order valence-corrected chi connectivity index (χ2v) is 18.3. The van der Waals surface area contributed by atoms with Gasteiger partial charge in [0.1, 0.15) is 0 Å². The molecule has 1 aliphatic carbocycles. The van der Waals surface area contributed by atoms with E-state index in [2.05, 4.69) is 174 Å². The van der Waals surface area contributed by atoms with Crippen LogP contribution in [-0.4, -0.2) is 24.3 Å². The standard InChI is InChI=1S/C51H39N4Si/c1-6-19-37(20-7-1)49-52-50(38-21-8-2-9-22-38)54-51(53-49)39-23-18-24-40(35-39)55-47-32-17-16-31-45(47)46-36-44(33-34-48(46)55)56(41-25-10-3-11-26-41,42-27-12-4-13-28-42)43-29-14-5-15-30-43/h1-14,16-29,31-36,49H,15,30H2/q-2. The fourth-order valence-corrected chi connectivity index (χ4v) is 13.7. The molecule has 56 heavy (non-hydrogen) atoms. The lowest BCUT2D eigenvalue weighted by Crippen LogP contribution is -2.68. The van der Waals surface area contributed by atoms with Gasteiger partial charge in [-0.3, -0.25) is 4.99 Å². The Balaban J connectivity index is 1.15. The highest BCUT2D eigenvalue weighted by atomic mass is 28.3. The van der Waals surface area contributed by atoms with Gasteiger partial charge in [-0.25, -0.2) is 0 Å². The number of allylic oxidation sites excluding steroid dienone is 4. The molecule has 1 unspecified atom stereocenters. The van der Waals surface area contributed by atoms with Crippen LogP contribution in [0.25, 0.3) is 32.8 Å². The van der Waals surface area contributed by atoms with Gasteiger partial charge in [-0.1, -0.05) is 194 Å². The number of rotatable bonds is 8. The predicted octanol–water partition coefficient (Wildman–Crippen LogP) is 10.3. The number of nitrogens with zero attached hydrogens (tertiary/aromatic N) is 4. The van der Waals surface area contributed by atoms with E-state index < -0.39 is 8.07 Å². The second kappa shape index (κ2) is 14.4. The van der Waals surface area contributed by atoms with Crippen molar-refractivity contribution in [2.24, 2.45) is 9.98 Å². The SMILES string of the molecule is C1=CCCC([Si-](c2ccccc2)(c2ccccc2)c2ccc3c(c2)c2ccccc2n3-c2cccc(C3=NC(c4ccccc4)=NC(c4ccccc4)[N-]3)c2)=C1. The first-order valence-electron chi connectivity index (χ1n) is 19.4. The van der Waals surface area contributed by atoms with E-state index in [1.165, 1.54) is 42.6 Å². The minimum absolute atomic E-state index is 0.386. The van der Waals surface area contributed by atoms with Crippen molar-refractivity contribution in [3.8, 4) is 5.69 Å². The predicted molar refractivity (Wildman–Crippen MR) is 237 cm³/mol. The molecule has 5 heteroatoms. The molecule has 7 aromatic carbocycles. The van der Waals surface area contributed by atoms with Crippen molar-refractivity contribution in [3.05, 3.63) is 233 Å². The van der Waals surface area contributed by atoms with Crippen molar-refractivity contribution in [2.45, 2.75) is 19.0 Å². The zero-order valence-corrected chi connectivity index (χ0v) is 31.9. The Morgan fingerprint density at radius 2 is 1.20 bits per heavy atom. The minimum Gasteiger partial charge on any atom is -0.438 e. The quantitative estimate of drug-likeness (QED) is 0.110. The van der Waals surface area contributed by atoms with Crippen LogP contribution in [0, 0.1) is 0 Å². The summed E-state index contributed by atoms with van der Waals surface area (Å²) in [6.07, 6.45) is 8.69. The van der Waals surface area contributed by atoms with E-state index in [4.69, 9.17) is 15.3 Å². The molecule has 2 aliphatic rings. The lowest BCUT2D eigenvalue weighted by Gasteiger charge is -2.49. The Labute approximate surface area is 328 Å². The average Bonchev–Trinajstić information content (AvgIpc) is 3.62. The molecule has 0 bridgehead atoms. The van der Waals surface area contributed by atoms with E-state index in [1.807, 2.05) is 36.4 Å². The zero-order valence-electron chi connectivity index (χ0n) is 30.9. The number of fused-ring (bicyclic) bond motifs is 3. The molecule has 4 nitrogen and oxygen atoms in total. The van der Waals surface area contributed by atoms with Crippen molar-refractivity contribution >= 4 is 57.1 Å². The Kier molecular flexibility index (Phi) is 8.69. The molecule has 2 heterocycles. The zero-order chi connectivity index (χ0) is 37.3. The maximum atomic E-state index is 5.13. The third-order valence-corrected chi connectivity index (χ3v) is 16.2. The van der Waals surface area contributed by atoms with Crippen LogP contribution in [0.3, 0.4) is 0 Å². The van der Waals surface area contributed by atoms with E-state index in [0.29, 0.717) is 11.7 Å². The molecule has 1 atom stereocenters. The average molecular weight is 736 g/mol. The first kappa shape index (κ1) is 33.7. The molecule has 1 aromatic heterocycles. The van der Waals surface area contributed by atoms with Crippen LogP contribution >= 0.6 is 0 Å². The van der Waals surface area contributed by atoms with E-state index in [1.54, 1.807) is 0 Å². The number of hydrogen-bond acceptors (Lipinski definition) is 2. The molecule has 0 saturated carbocycles. The van der Waals surface area contributed by atoms with Gasteiger partial charge in [0.15, 0.2) is 0 Å². The lowest BCUT2D eigenvalue weighted by molar-refractivity contribution is 0.878. The monoisotopic (exact) mass is 735 g/mol. The van der Waals surface area contributed by atoms with Crippen LogP contribution in [-0.2, 0) is 0 Å². The summed E-state index contributed by atoms with van der Waals surface area (Å²) in [5.41, 5.74) is 6.36. The number of hydrogen-bond donors (Lipinski definition) is 0. The van der Waals surface area contributed by atoms with Crippen molar-refractivity contribution in [1.29, 1.82) is 0 Å². The van der Waals surface area contributed by atoms with E-state index in [0.717, 1.165) is 35.2 Å². The Morgan fingerprint density at radius 1 is 0.554 bits per heavy atom.